The predicted octanol–water partition coefficient (Wildman–Crippen LogP) is 5.36. The molecule has 0 aromatic carbocycles. The smallest absolute Gasteiger partial charge is 0.294 e. The first kappa shape index (κ1) is 19.5. The van der Waals surface area contributed by atoms with Crippen LogP contribution in [-0.4, -0.2) is 24.3 Å². The van der Waals surface area contributed by atoms with E-state index in [4.69, 9.17) is 4.43 Å². The Morgan fingerprint density at radius 3 is 2.60 bits per heavy atom. The number of aromatic nitrogens is 1. The van der Waals surface area contributed by atoms with Gasteiger partial charge in [-0.05, 0) is 53.8 Å². The van der Waals surface area contributed by atoms with Gasteiger partial charge in [-0.15, -0.1) is 0 Å². The van der Waals surface area contributed by atoms with Crippen molar-refractivity contribution in [1.29, 1.82) is 0 Å². The SMILES string of the molecule is C=C1[C@@H](C)CC(c2ccncc2[N+](=O)[O-])=C[C@H]1O[Si](C)(C)C(C)(C)C. The van der Waals surface area contributed by atoms with Crippen molar-refractivity contribution < 1.29 is 9.35 Å². The molecule has 5 nitrogen and oxygen atoms in total. The summed E-state index contributed by atoms with van der Waals surface area (Å²) in [5.74, 6) is 0.211. The van der Waals surface area contributed by atoms with Gasteiger partial charge in [-0.25, -0.2) is 0 Å². The molecule has 136 valence electrons. The van der Waals surface area contributed by atoms with E-state index in [1.807, 2.05) is 6.08 Å². The quantitative estimate of drug-likeness (QED) is 0.314. The van der Waals surface area contributed by atoms with Crippen LogP contribution in [0.5, 0.6) is 0 Å². The predicted molar refractivity (Wildman–Crippen MR) is 104 cm³/mol. The average molecular weight is 361 g/mol. The Labute approximate surface area is 151 Å². The summed E-state index contributed by atoms with van der Waals surface area (Å²) < 4.78 is 6.56. The van der Waals surface area contributed by atoms with Crippen LogP contribution in [0.2, 0.25) is 18.1 Å². The number of nitro groups is 1. The highest BCUT2D eigenvalue weighted by Gasteiger charge is 2.40. The van der Waals surface area contributed by atoms with Gasteiger partial charge in [0, 0.05) is 6.20 Å². The molecule has 0 spiro atoms. The molecule has 2 rings (SSSR count). The van der Waals surface area contributed by atoms with Crippen molar-refractivity contribution in [2.45, 2.75) is 58.4 Å². The zero-order chi connectivity index (χ0) is 19.0. The summed E-state index contributed by atoms with van der Waals surface area (Å²) in [7, 11) is -1.98. The molecular formula is C19H28N2O3Si. The fourth-order valence-electron chi connectivity index (χ4n) is 2.71. The van der Waals surface area contributed by atoms with Gasteiger partial charge in [-0.2, -0.15) is 0 Å². The van der Waals surface area contributed by atoms with Crippen LogP contribution in [0, 0.1) is 16.0 Å². The molecule has 0 fully saturated rings. The Balaban J connectivity index is 2.44. The average Bonchev–Trinajstić information content (AvgIpc) is 2.50. The molecule has 0 unspecified atom stereocenters. The van der Waals surface area contributed by atoms with E-state index in [0.717, 1.165) is 17.6 Å². The summed E-state index contributed by atoms with van der Waals surface area (Å²) >= 11 is 0. The molecule has 1 aliphatic carbocycles. The molecule has 0 N–H and O–H groups in total. The van der Waals surface area contributed by atoms with Crippen LogP contribution in [0.3, 0.4) is 0 Å². The van der Waals surface area contributed by atoms with Crippen molar-refractivity contribution in [2.24, 2.45) is 5.92 Å². The van der Waals surface area contributed by atoms with Gasteiger partial charge in [0.15, 0.2) is 8.32 Å². The third kappa shape index (κ3) is 4.07. The second-order valence-electron chi connectivity index (χ2n) is 8.32. The minimum atomic E-state index is -1.98. The summed E-state index contributed by atoms with van der Waals surface area (Å²) in [6.45, 7) is 17.4. The first-order chi connectivity index (χ1) is 11.4. The van der Waals surface area contributed by atoms with Crippen molar-refractivity contribution in [3.63, 3.8) is 0 Å². The number of rotatable bonds is 4. The normalized spacial score (nSPS) is 21.8. The Kier molecular flexibility index (Phi) is 5.34. The van der Waals surface area contributed by atoms with Gasteiger partial charge in [0.1, 0.15) is 6.20 Å². The second-order valence-corrected chi connectivity index (χ2v) is 13.1. The molecule has 2 atom stereocenters. The largest absolute Gasteiger partial charge is 0.407 e. The summed E-state index contributed by atoms with van der Waals surface area (Å²) in [4.78, 5) is 14.9. The highest BCUT2D eigenvalue weighted by atomic mass is 28.4. The molecule has 1 aliphatic rings. The summed E-state index contributed by atoms with van der Waals surface area (Å²) in [5.41, 5.74) is 2.66. The third-order valence-corrected chi connectivity index (χ3v) is 9.90. The van der Waals surface area contributed by atoms with E-state index < -0.39 is 8.32 Å². The lowest BCUT2D eigenvalue weighted by Gasteiger charge is -2.41. The molecule has 1 aromatic rings. The minimum Gasteiger partial charge on any atom is -0.407 e. The van der Waals surface area contributed by atoms with Gasteiger partial charge >= 0.3 is 0 Å². The summed E-state index contributed by atoms with van der Waals surface area (Å²) in [6.07, 6.45) is 5.45. The van der Waals surface area contributed by atoms with E-state index in [1.165, 1.54) is 6.20 Å². The molecule has 0 bridgehead atoms. The Bertz CT molecular complexity index is 720. The fourth-order valence-corrected chi connectivity index (χ4v) is 3.91. The lowest BCUT2D eigenvalue weighted by molar-refractivity contribution is -0.385. The van der Waals surface area contributed by atoms with Gasteiger partial charge in [0.05, 0.1) is 16.6 Å². The van der Waals surface area contributed by atoms with Crippen LogP contribution in [0.4, 0.5) is 5.69 Å². The molecule has 0 aliphatic heterocycles. The lowest BCUT2D eigenvalue weighted by atomic mass is 9.82. The monoisotopic (exact) mass is 360 g/mol. The molecule has 0 radical (unpaired) electrons. The molecule has 1 aromatic heterocycles. The van der Waals surface area contributed by atoms with Crippen LogP contribution in [0.1, 0.15) is 39.7 Å². The Morgan fingerprint density at radius 1 is 1.40 bits per heavy atom. The number of hydrogen-bond donors (Lipinski definition) is 0. The van der Waals surface area contributed by atoms with Gasteiger partial charge < -0.3 is 4.43 Å². The van der Waals surface area contributed by atoms with Crippen LogP contribution >= 0.6 is 0 Å². The zero-order valence-corrected chi connectivity index (χ0v) is 17.0. The molecule has 6 heteroatoms. The van der Waals surface area contributed by atoms with Crippen LogP contribution in [0.15, 0.2) is 36.7 Å². The van der Waals surface area contributed by atoms with Crippen LogP contribution in [0.25, 0.3) is 5.57 Å². The maximum atomic E-state index is 11.3. The number of allylic oxidation sites excluding steroid dienone is 1. The molecule has 25 heavy (non-hydrogen) atoms. The van der Waals surface area contributed by atoms with Gasteiger partial charge in [0.25, 0.3) is 5.69 Å². The lowest BCUT2D eigenvalue weighted by Crippen LogP contribution is -2.44. The first-order valence-electron chi connectivity index (χ1n) is 8.60. The van der Waals surface area contributed by atoms with Crippen molar-refractivity contribution in [1.82, 2.24) is 4.98 Å². The standard InChI is InChI=1S/C19H28N2O3Si/c1-13-10-15(16-8-9-20-12-17(16)21(22)23)11-18(14(13)2)24-25(6,7)19(3,4)5/h8-9,11-13,18H,2,10H2,1,3-7H3/t13-,18+/m0/s1. The minimum absolute atomic E-state index is 0.0412. The van der Waals surface area contributed by atoms with E-state index in [9.17, 15) is 10.1 Å². The highest BCUT2D eigenvalue weighted by molar-refractivity contribution is 6.74. The zero-order valence-electron chi connectivity index (χ0n) is 16.0. The number of nitrogens with zero attached hydrogens (tertiary/aromatic N) is 2. The first-order valence-corrected chi connectivity index (χ1v) is 11.5. The van der Waals surface area contributed by atoms with Gasteiger partial charge in [0.2, 0.25) is 0 Å². The van der Waals surface area contributed by atoms with Gasteiger partial charge in [-0.1, -0.05) is 34.3 Å². The van der Waals surface area contributed by atoms with Crippen LogP contribution in [-0.2, 0) is 4.43 Å². The number of pyridine rings is 1. The second kappa shape index (κ2) is 6.84. The van der Waals surface area contributed by atoms with Crippen molar-refractivity contribution in [2.75, 3.05) is 0 Å². The molecule has 0 saturated carbocycles. The van der Waals surface area contributed by atoms with E-state index >= 15 is 0 Å². The van der Waals surface area contributed by atoms with Crippen molar-refractivity contribution >= 4 is 19.6 Å². The van der Waals surface area contributed by atoms with E-state index in [-0.39, 0.29) is 27.7 Å². The Hall–Kier alpha value is -1.79. The van der Waals surface area contributed by atoms with Crippen LogP contribution < -0.4 is 0 Å². The van der Waals surface area contributed by atoms with E-state index in [2.05, 4.69) is 52.4 Å². The van der Waals surface area contributed by atoms with Crippen molar-refractivity contribution in [3.05, 3.63) is 52.4 Å². The Morgan fingerprint density at radius 2 is 2.04 bits per heavy atom. The molecule has 0 amide bonds. The summed E-state index contributed by atoms with van der Waals surface area (Å²) in [6, 6.07) is 1.72. The molecule has 1 heterocycles. The van der Waals surface area contributed by atoms with E-state index in [0.29, 0.717) is 5.56 Å². The fraction of sp³-hybridized carbons (Fsp3) is 0.526. The third-order valence-electron chi connectivity index (χ3n) is 5.45. The maximum absolute atomic E-state index is 11.3. The highest BCUT2D eigenvalue weighted by Crippen LogP contribution is 2.42. The van der Waals surface area contributed by atoms with Gasteiger partial charge in [-0.3, -0.25) is 15.1 Å². The summed E-state index contributed by atoms with van der Waals surface area (Å²) in [5, 5.41) is 11.4. The maximum Gasteiger partial charge on any atom is 0.294 e. The number of hydrogen-bond acceptors (Lipinski definition) is 4. The topological polar surface area (TPSA) is 65.3 Å². The molecular weight excluding hydrogens is 332 g/mol. The molecule has 0 saturated heterocycles. The van der Waals surface area contributed by atoms with Crippen molar-refractivity contribution in [3.8, 4) is 0 Å². The van der Waals surface area contributed by atoms with E-state index in [1.54, 1.807) is 12.3 Å².